The van der Waals surface area contributed by atoms with Gasteiger partial charge in [0.25, 0.3) is 0 Å². The van der Waals surface area contributed by atoms with Crippen LogP contribution in [-0.2, 0) is 9.53 Å². The molecule has 2 heterocycles. The molecule has 8 heteroatoms. The lowest BCUT2D eigenvalue weighted by atomic mass is 9.96. The lowest BCUT2D eigenvalue weighted by Gasteiger charge is -2.28. The Morgan fingerprint density at radius 3 is 2.57 bits per heavy atom. The molecule has 4 rings (SSSR count). The molecule has 0 spiro atoms. The number of anilines is 1. The Labute approximate surface area is 171 Å². The molecular weight excluding hydrogens is 399 g/mol. The fourth-order valence-electron chi connectivity index (χ4n) is 3.23. The number of halogens is 2. The van der Waals surface area contributed by atoms with Gasteiger partial charge in [-0.2, -0.15) is 4.98 Å². The van der Waals surface area contributed by atoms with Gasteiger partial charge in [0.15, 0.2) is 5.82 Å². The van der Waals surface area contributed by atoms with E-state index in [0.29, 0.717) is 33.1 Å². The van der Waals surface area contributed by atoms with E-state index in [1.165, 1.54) is 7.11 Å². The molecule has 0 amide bonds. The summed E-state index contributed by atoms with van der Waals surface area (Å²) in [6, 6.07) is 14.3. The molecule has 1 aliphatic heterocycles. The number of allylic oxidation sites excluding steroid dienone is 1. The van der Waals surface area contributed by atoms with Crippen LogP contribution >= 0.6 is 23.2 Å². The van der Waals surface area contributed by atoms with Gasteiger partial charge in [-0.25, -0.2) is 9.48 Å². The first-order chi connectivity index (χ1) is 13.5. The molecule has 1 atom stereocenters. The molecule has 28 heavy (non-hydrogen) atoms. The third kappa shape index (κ3) is 3.15. The van der Waals surface area contributed by atoms with Gasteiger partial charge in [0, 0.05) is 11.3 Å². The highest BCUT2D eigenvalue weighted by Crippen LogP contribution is 2.38. The normalized spacial score (nSPS) is 15.8. The molecule has 0 bridgehead atoms. The number of fused-ring (bicyclic) bond motifs is 1. The van der Waals surface area contributed by atoms with Crippen molar-refractivity contribution in [2.24, 2.45) is 0 Å². The third-order valence-corrected chi connectivity index (χ3v) is 5.29. The number of hydrogen-bond donors (Lipinski definition) is 1. The van der Waals surface area contributed by atoms with Crippen LogP contribution in [0, 0.1) is 0 Å². The number of carbonyl (C=O) groups is 1. The third-order valence-electron chi connectivity index (χ3n) is 4.55. The van der Waals surface area contributed by atoms with Gasteiger partial charge in [-0.1, -0.05) is 59.6 Å². The van der Waals surface area contributed by atoms with Crippen LogP contribution in [-0.4, -0.2) is 27.8 Å². The maximum atomic E-state index is 12.6. The van der Waals surface area contributed by atoms with Crippen molar-refractivity contribution in [3.8, 4) is 11.4 Å². The second kappa shape index (κ2) is 7.30. The van der Waals surface area contributed by atoms with Gasteiger partial charge in [0.1, 0.15) is 6.04 Å². The molecule has 3 aromatic rings. The van der Waals surface area contributed by atoms with Crippen molar-refractivity contribution in [1.82, 2.24) is 14.8 Å². The van der Waals surface area contributed by atoms with Crippen LogP contribution in [0.4, 0.5) is 5.95 Å². The number of nitrogens with zero attached hydrogens (tertiary/aromatic N) is 3. The maximum Gasteiger partial charge on any atom is 0.338 e. The quantitative estimate of drug-likeness (QED) is 0.628. The number of rotatable bonds is 3. The van der Waals surface area contributed by atoms with E-state index < -0.39 is 12.0 Å². The van der Waals surface area contributed by atoms with E-state index in [1.807, 2.05) is 36.4 Å². The molecule has 0 aliphatic carbocycles. The Bertz CT molecular complexity index is 1090. The SMILES string of the molecule is COC(=O)C1=C(C)Nc2nc(-c3ccccc3)nn2C1c1ccc(Cl)c(Cl)c1. The summed E-state index contributed by atoms with van der Waals surface area (Å²) in [4.78, 5) is 17.2. The average molecular weight is 415 g/mol. The van der Waals surface area contributed by atoms with Crippen LogP contribution in [0.25, 0.3) is 11.4 Å². The Balaban J connectivity index is 1.90. The second-order valence-corrected chi connectivity index (χ2v) is 7.12. The minimum atomic E-state index is -0.552. The standard InChI is InChI=1S/C20H16Cl2N4O2/c1-11-16(19(27)28-2)17(13-8-9-14(21)15(22)10-13)26-20(23-11)24-18(25-26)12-6-4-3-5-7-12/h3-10,17H,1-2H3,(H,23,24,25). The Kier molecular flexibility index (Phi) is 4.83. The van der Waals surface area contributed by atoms with E-state index in [-0.39, 0.29) is 0 Å². The predicted molar refractivity (Wildman–Crippen MR) is 108 cm³/mol. The highest BCUT2D eigenvalue weighted by molar-refractivity contribution is 6.42. The van der Waals surface area contributed by atoms with E-state index in [4.69, 9.17) is 27.9 Å². The number of methoxy groups -OCH3 is 1. The summed E-state index contributed by atoms with van der Waals surface area (Å²) in [7, 11) is 1.35. The highest BCUT2D eigenvalue weighted by Gasteiger charge is 2.35. The summed E-state index contributed by atoms with van der Waals surface area (Å²) >= 11 is 12.3. The molecule has 2 aromatic carbocycles. The van der Waals surface area contributed by atoms with Gasteiger partial charge in [-0.3, -0.25) is 0 Å². The summed E-state index contributed by atoms with van der Waals surface area (Å²) in [6.45, 7) is 1.80. The summed E-state index contributed by atoms with van der Waals surface area (Å²) < 4.78 is 6.68. The number of aromatic nitrogens is 3. The van der Waals surface area contributed by atoms with E-state index in [0.717, 1.165) is 11.1 Å². The minimum Gasteiger partial charge on any atom is -0.466 e. The lowest BCUT2D eigenvalue weighted by Crippen LogP contribution is -2.29. The van der Waals surface area contributed by atoms with Crippen LogP contribution in [0.3, 0.4) is 0 Å². The molecule has 142 valence electrons. The van der Waals surface area contributed by atoms with Gasteiger partial charge >= 0.3 is 5.97 Å². The van der Waals surface area contributed by atoms with Crippen molar-refractivity contribution >= 4 is 35.1 Å². The van der Waals surface area contributed by atoms with Crippen molar-refractivity contribution in [1.29, 1.82) is 0 Å². The lowest BCUT2D eigenvalue weighted by molar-refractivity contribution is -0.136. The zero-order valence-electron chi connectivity index (χ0n) is 15.1. The first kappa shape index (κ1) is 18.5. The number of hydrogen-bond acceptors (Lipinski definition) is 5. The predicted octanol–water partition coefficient (Wildman–Crippen LogP) is 4.71. The number of carbonyl (C=O) groups excluding carboxylic acids is 1. The molecule has 6 nitrogen and oxygen atoms in total. The van der Waals surface area contributed by atoms with Crippen LogP contribution in [0.2, 0.25) is 10.0 Å². The number of ether oxygens (including phenoxy) is 1. The molecule has 0 saturated carbocycles. The zero-order valence-corrected chi connectivity index (χ0v) is 16.6. The van der Waals surface area contributed by atoms with E-state index in [1.54, 1.807) is 23.7 Å². The minimum absolute atomic E-state index is 0.393. The molecule has 1 N–H and O–H groups in total. The van der Waals surface area contributed by atoms with Gasteiger partial charge in [-0.05, 0) is 24.6 Å². The van der Waals surface area contributed by atoms with Crippen LogP contribution in [0.1, 0.15) is 18.5 Å². The maximum absolute atomic E-state index is 12.6. The molecule has 0 radical (unpaired) electrons. The van der Waals surface area contributed by atoms with Crippen molar-refractivity contribution in [2.75, 3.05) is 12.4 Å². The fourth-order valence-corrected chi connectivity index (χ4v) is 3.53. The van der Waals surface area contributed by atoms with Gasteiger partial charge in [0.05, 0.1) is 22.7 Å². The van der Waals surface area contributed by atoms with E-state index in [9.17, 15) is 4.79 Å². The van der Waals surface area contributed by atoms with E-state index in [2.05, 4.69) is 15.4 Å². The molecular formula is C20H16Cl2N4O2. The Morgan fingerprint density at radius 2 is 1.89 bits per heavy atom. The number of nitrogens with one attached hydrogen (secondary N) is 1. The van der Waals surface area contributed by atoms with E-state index >= 15 is 0 Å². The Hall–Kier alpha value is -2.83. The van der Waals surface area contributed by atoms with Crippen LogP contribution in [0.5, 0.6) is 0 Å². The Morgan fingerprint density at radius 1 is 1.14 bits per heavy atom. The second-order valence-electron chi connectivity index (χ2n) is 6.30. The summed E-state index contributed by atoms with van der Waals surface area (Å²) in [5.74, 6) is 0.621. The topological polar surface area (TPSA) is 69.0 Å². The fraction of sp³-hybridized carbons (Fsp3) is 0.150. The number of esters is 1. The van der Waals surface area contributed by atoms with Crippen molar-refractivity contribution in [3.63, 3.8) is 0 Å². The molecule has 0 fully saturated rings. The monoisotopic (exact) mass is 414 g/mol. The smallest absolute Gasteiger partial charge is 0.338 e. The van der Waals surface area contributed by atoms with Crippen LogP contribution < -0.4 is 5.32 Å². The van der Waals surface area contributed by atoms with Crippen molar-refractivity contribution in [2.45, 2.75) is 13.0 Å². The number of benzene rings is 2. The molecule has 0 saturated heterocycles. The van der Waals surface area contributed by atoms with Crippen molar-refractivity contribution in [3.05, 3.63) is 75.4 Å². The highest BCUT2D eigenvalue weighted by atomic mass is 35.5. The molecule has 1 aromatic heterocycles. The van der Waals surface area contributed by atoms with Gasteiger partial charge in [-0.15, -0.1) is 5.10 Å². The van der Waals surface area contributed by atoms with Crippen LogP contribution in [0.15, 0.2) is 59.8 Å². The van der Waals surface area contributed by atoms with Gasteiger partial charge in [0.2, 0.25) is 5.95 Å². The average Bonchev–Trinajstić information content (AvgIpc) is 3.12. The largest absolute Gasteiger partial charge is 0.466 e. The summed E-state index contributed by atoms with van der Waals surface area (Å²) in [5, 5.41) is 8.63. The first-order valence-corrected chi connectivity index (χ1v) is 9.28. The van der Waals surface area contributed by atoms with Crippen molar-refractivity contribution < 1.29 is 9.53 Å². The summed E-state index contributed by atoms with van der Waals surface area (Å²) in [6.07, 6.45) is 0. The van der Waals surface area contributed by atoms with Gasteiger partial charge < -0.3 is 10.1 Å². The molecule has 1 unspecified atom stereocenters. The summed E-state index contributed by atoms with van der Waals surface area (Å²) in [5.41, 5.74) is 2.69. The first-order valence-electron chi connectivity index (χ1n) is 8.52. The molecule has 1 aliphatic rings. The zero-order chi connectivity index (χ0) is 19.8.